The van der Waals surface area contributed by atoms with Gasteiger partial charge in [-0.2, -0.15) is 0 Å². The van der Waals surface area contributed by atoms with Gasteiger partial charge >= 0.3 is 0 Å². The molecule has 5 rings (SSSR count). The largest absolute Gasteiger partial charge is 0.347 e. The van der Waals surface area contributed by atoms with Crippen molar-refractivity contribution in [1.82, 2.24) is 19.9 Å². The second-order valence-corrected chi connectivity index (χ2v) is 7.98. The second-order valence-electron chi connectivity index (χ2n) is 7.98. The van der Waals surface area contributed by atoms with E-state index in [0.717, 1.165) is 45.3 Å². The number of nitrogens with zero attached hydrogens (tertiary/aromatic N) is 5. The van der Waals surface area contributed by atoms with Crippen LogP contribution in [0.2, 0.25) is 0 Å². The van der Waals surface area contributed by atoms with Crippen molar-refractivity contribution in [2.75, 3.05) is 25.5 Å². The van der Waals surface area contributed by atoms with E-state index in [1.54, 1.807) is 12.4 Å². The van der Waals surface area contributed by atoms with Crippen LogP contribution in [0.5, 0.6) is 0 Å². The quantitative estimate of drug-likeness (QED) is 0.499. The van der Waals surface area contributed by atoms with Crippen LogP contribution in [0.3, 0.4) is 0 Å². The molecule has 154 valence electrons. The zero-order valence-corrected chi connectivity index (χ0v) is 17.6. The minimum absolute atomic E-state index is 0.0584. The van der Waals surface area contributed by atoms with Gasteiger partial charge in [0, 0.05) is 62.6 Å². The van der Waals surface area contributed by atoms with Crippen LogP contribution < -0.4 is 4.90 Å². The molecule has 0 unspecified atom stereocenters. The van der Waals surface area contributed by atoms with E-state index < -0.39 is 0 Å². The second kappa shape index (κ2) is 7.80. The molecule has 0 saturated heterocycles. The molecule has 4 aromatic rings. The van der Waals surface area contributed by atoms with Crippen LogP contribution in [0.15, 0.2) is 67.0 Å². The van der Waals surface area contributed by atoms with E-state index in [-0.39, 0.29) is 5.91 Å². The monoisotopic (exact) mass is 409 g/mol. The first-order valence-electron chi connectivity index (χ1n) is 10.4. The molecule has 1 aliphatic rings. The third kappa shape index (κ3) is 3.61. The fourth-order valence-corrected chi connectivity index (χ4v) is 4.03. The molecule has 0 N–H and O–H groups in total. The van der Waals surface area contributed by atoms with Gasteiger partial charge in [-0.3, -0.25) is 9.78 Å². The summed E-state index contributed by atoms with van der Waals surface area (Å²) in [5.41, 5.74) is 5.53. The summed E-state index contributed by atoms with van der Waals surface area (Å²) >= 11 is 0. The first kappa shape index (κ1) is 19.2. The van der Waals surface area contributed by atoms with Crippen LogP contribution in [0, 0.1) is 0 Å². The first-order valence-corrected chi connectivity index (χ1v) is 10.4. The number of hydrogen-bond acceptors (Lipinski definition) is 5. The molecule has 1 aliphatic heterocycles. The Morgan fingerprint density at radius 1 is 0.968 bits per heavy atom. The van der Waals surface area contributed by atoms with Gasteiger partial charge in [0.2, 0.25) is 5.95 Å². The van der Waals surface area contributed by atoms with Gasteiger partial charge in [0.1, 0.15) is 0 Å². The van der Waals surface area contributed by atoms with Crippen molar-refractivity contribution in [1.29, 1.82) is 0 Å². The summed E-state index contributed by atoms with van der Waals surface area (Å²) in [4.78, 5) is 30.6. The normalized spacial score (nSPS) is 13.0. The van der Waals surface area contributed by atoms with E-state index in [9.17, 15) is 4.79 Å². The number of carbonyl (C=O) groups excluding carboxylic acids is 1. The zero-order chi connectivity index (χ0) is 21.4. The molecular formula is C25H23N5O. The number of hydrogen-bond donors (Lipinski definition) is 0. The molecule has 0 spiro atoms. The molecule has 0 radical (unpaired) electrons. The predicted molar refractivity (Wildman–Crippen MR) is 122 cm³/mol. The lowest BCUT2D eigenvalue weighted by atomic mass is 9.99. The molecule has 3 heterocycles. The molecule has 6 heteroatoms. The predicted octanol–water partition coefficient (Wildman–Crippen LogP) is 3.96. The number of para-hydroxylation sites is 1. The van der Waals surface area contributed by atoms with Crippen LogP contribution in [-0.4, -0.2) is 46.4 Å². The summed E-state index contributed by atoms with van der Waals surface area (Å²) in [6.07, 6.45) is 4.29. The molecule has 0 aliphatic carbocycles. The summed E-state index contributed by atoms with van der Waals surface area (Å²) < 4.78 is 0. The molecule has 1 amide bonds. The molecular weight excluding hydrogens is 386 g/mol. The standard InChI is InChI=1S/C25H23N5O/c1-29(2)25-26-14-19(15-27-25)21-8-5-7-18-16-30(24(31)23(18)21)13-12-20-11-10-17-6-3-4-9-22(17)28-20/h3-11,14-15H,12-13,16H2,1-2H3. The van der Waals surface area contributed by atoms with Gasteiger partial charge < -0.3 is 9.80 Å². The highest BCUT2D eigenvalue weighted by molar-refractivity contribution is 6.04. The minimum atomic E-state index is 0.0584. The fraction of sp³-hybridized carbons (Fsp3) is 0.200. The molecule has 31 heavy (non-hydrogen) atoms. The van der Waals surface area contributed by atoms with E-state index in [2.05, 4.69) is 22.1 Å². The number of benzene rings is 2. The Hall–Kier alpha value is -3.80. The van der Waals surface area contributed by atoms with E-state index in [0.29, 0.717) is 19.0 Å². The third-order valence-electron chi connectivity index (χ3n) is 5.66. The maximum Gasteiger partial charge on any atom is 0.255 e. The number of rotatable bonds is 5. The molecule has 0 fully saturated rings. The number of anilines is 1. The number of amides is 1. The topological polar surface area (TPSA) is 62.2 Å². The van der Waals surface area contributed by atoms with Crippen LogP contribution in [0.4, 0.5) is 5.95 Å². The van der Waals surface area contributed by atoms with Crippen molar-refractivity contribution < 1.29 is 4.79 Å². The van der Waals surface area contributed by atoms with Gasteiger partial charge in [0.05, 0.1) is 11.1 Å². The summed E-state index contributed by atoms with van der Waals surface area (Å²) in [6, 6.07) is 18.2. The van der Waals surface area contributed by atoms with Crippen LogP contribution in [0.25, 0.3) is 22.0 Å². The van der Waals surface area contributed by atoms with E-state index in [1.165, 1.54) is 0 Å². The Kier molecular flexibility index (Phi) is 4.82. The van der Waals surface area contributed by atoms with Gasteiger partial charge in [-0.1, -0.05) is 42.5 Å². The van der Waals surface area contributed by atoms with Gasteiger partial charge in [-0.25, -0.2) is 9.97 Å². The summed E-state index contributed by atoms with van der Waals surface area (Å²) in [6.45, 7) is 1.25. The third-order valence-corrected chi connectivity index (χ3v) is 5.66. The van der Waals surface area contributed by atoms with Gasteiger partial charge in [0.15, 0.2) is 0 Å². The van der Waals surface area contributed by atoms with Crippen molar-refractivity contribution in [3.63, 3.8) is 0 Å². The minimum Gasteiger partial charge on any atom is -0.347 e. The Morgan fingerprint density at radius 2 is 1.77 bits per heavy atom. The Morgan fingerprint density at radius 3 is 2.58 bits per heavy atom. The van der Waals surface area contributed by atoms with Crippen LogP contribution >= 0.6 is 0 Å². The van der Waals surface area contributed by atoms with Gasteiger partial charge in [0.25, 0.3) is 5.91 Å². The van der Waals surface area contributed by atoms with Crippen LogP contribution in [-0.2, 0) is 13.0 Å². The summed E-state index contributed by atoms with van der Waals surface area (Å²) in [5.74, 6) is 0.704. The SMILES string of the molecule is CN(C)c1ncc(-c2cccc3c2C(=O)N(CCc2ccc4ccccc4n2)C3)cn1. The number of carbonyl (C=O) groups is 1. The number of aromatic nitrogens is 3. The van der Waals surface area contributed by atoms with Crippen LogP contribution in [0.1, 0.15) is 21.6 Å². The lowest BCUT2D eigenvalue weighted by Gasteiger charge is -2.15. The summed E-state index contributed by atoms with van der Waals surface area (Å²) in [7, 11) is 3.81. The lowest BCUT2D eigenvalue weighted by molar-refractivity contribution is 0.0780. The van der Waals surface area contributed by atoms with E-state index >= 15 is 0 Å². The summed E-state index contributed by atoms with van der Waals surface area (Å²) in [5, 5.41) is 1.13. The van der Waals surface area contributed by atoms with Gasteiger partial charge in [-0.15, -0.1) is 0 Å². The fourth-order valence-electron chi connectivity index (χ4n) is 4.03. The maximum absolute atomic E-state index is 13.3. The Labute approximate surface area is 181 Å². The first-order chi connectivity index (χ1) is 15.1. The van der Waals surface area contributed by atoms with Crippen molar-refractivity contribution in [3.8, 4) is 11.1 Å². The number of fused-ring (bicyclic) bond motifs is 2. The van der Waals surface area contributed by atoms with Crippen molar-refractivity contribution >= 4 is 22.8 Å². The van der Waals surface area contributed by atoms with E-state index in [1.807, 2.05) is 66.4 Å². The number of pyridine rings is 1. The van der Waals surface area contributed by atoms with E-state index in [4.69, 9.17) is 4.98 Å². The smallest absolute Gasteiger partial charge is 0.255 e. The highest BCUT2D eigenvalue weighted by atomic mass is 16.2. The molecule has 6 nitrogen and oxygen atoms in total. The highest BCUT2D eigenvalue weighted by Gasteiger charge is 2.30. The maximum atomic E-state index is 13.3. The van der Waals surface area contributed by atoms with Crippen molar-refractivity contribution in [2.24, 2.45) is 0 Å². The average molecular weight is 409 g/mol. The molecule has 0 bridgehead atoms. The zero-order valence-electron chi connectivity index (χ0n) is 17.6. The lowest BCUT2D eigenvalue weighted by Crippen LogP contribution is -2.26. The highest BCUT2D eigenvalue weighted by Crippen LogP contribution is 2.32. The van der Waals surface area contributed by atoms with Crippen molar-refractivity contribution in [3.05, 3.63) is 83.8 Å². The molecule has 2 aromatic carbocycles. The molecule has 0 atom stereocenters. The average Bonchev–Trinajstić information content (AvgIpc) is 3.13. The molecule has 0 saturated carbocycles. The Bertz CT molecular complexity index is 1270. The van der Waals surface area contributed by atoms with Crippen molar-refractivity contribution in [2.45, 2.75) is 13.0 Å². The Balaban J connectivity index is 1.36. The van der Waals surface area contributed by atoms with Gasteiger partial charge in [-0.05, 0) is 23.3 Å². The molecule has 2 aromatic heterocycles.